The fraction of sp³-hybridized carbons (Fsp3) is 0.455. The van der Waals surface area contributed by atoms with Gasteiger partial charge in [-0.05, 0) is 43.2 Å². The molecule has 1 aromatic heterocycles. The van der Waals surface area contributed by atoms with Gasteiger partial charge in [-0.3, -0.25) is 9.59 Å². The minimum atomic E-state index is -0.243. The molecule has 0 spiro atoms. The first-order chi connectivity index (χ1) is 14.2. The van der Waals surface area contributed by atoms with Gasteiger partial charge in [0.25, 0.3) is 11.8 Å². The van der Waals surface area contributed by atoms with Crippen LogP contribution >= 0.6 is 11.3 Å². The van der Waals surface area contributed by atoms with Crippen molar-refractivity contribution in [1.82, 2.24) is 5.32 Å². The molecular weight excluding hydrogens is 388 g/mol. The Hall–Kier alpha value is -2.22. The molecule has 1 aromatic carbocycles. The Balaban J connectivity index is 1.62. The highest BCUT2D eigenvalue weighted by atomic mass is 32.1. The van der Waals surface area contributed by atoms with Crippen molar-refractivity contribution >= 4 is 28.2 Å². The van der Waals surface area contributed by atoms with Gasteiger partial charge in [-0.25, -0.2) is 0 Å². The van der Waals surface area contributed by atoms with Crippen LogP contribution in [0.15, 0.2) is 30.3 Å². The Labute approximate surface area is 175 Å². The second-order valence-corrected chi connectivity index (χ2v) is 8.15. The molecule has 3 rings (SSSR count). The van der Waals surface area contributed by atoms with Gasteiger partial charge in [0.1, 0.15) is 11.6 Å². The van der Waals surface area contributed by atoms with E-state index in [4.69, 9.17) is 9.47 Å². The van der Waals surface area contributed by atoms with E-state index >= 15 is 0 Å². The van der Waals surface area contributed by atoms with E-state index in [1.54, 1.807) is 7.11 Å². The molecule has 1 heterocycles. The maximum atomic E-state index is 12.8. The average Bonchev–Trinajstić information content (AvgIpc) is 3.09. The minimum Gasteiger partial charge on any atom is -0.385 e. The number of nitrogens with one attached hydrogen (secondary N) is 2. The molecule has 156 valence electrons. The van der Waals surface area contributed by atoms with Gasteiger partial charge in [0, 0.05) is 25.1 Å². The van der Waals surface area contributed by atoms with Gasteiger partial charge in [0.15, 0.2) is 0 Å². The number of rotatable bonds is 10. The maximum Gasteiger partial charge on any atom is 0.254 e. The summed E-state index contributed by atoms with van der Waals surface area (Å²) < 4.78 is 10.6. The van der Waals surface area contributed by atoms with E-state index in [2.05, 4.69) is 10.6 Å². The quantitative estimate of drug-likeness (QED) is 0.581. The van der Waals surface area contributed by atoms with Crippen molar-refractivity contribution in [2.24, 2.45) is 0 Å². The third kappa shape index (κ3) is 6.13. The number of thiophene rings is 1. The van der Waals surface area contributed by atoms with Crippen molar-refractivity contribution in [3.05, 3.63) is 51.9 Å². The van der Waals surface area contributed by atoms with Crippen LogP contribution in [-0.4, -0.2) is 38.7 Å². The van der Waals surface area contributed by atoms with Crippen molar-refractivity contribution in [2.75, 3.05) is 32.2 Å². The molecule has 0 bridgehead atoms. The van der Waals surface area contributed by atoms with Crippen LogP contribution < -0.4 is 10.6 Å². The summed E-state index contributed by atoms with van der Waals surface area (Å²) in [5, 5.41) is 6.49. The Morgan fingerprint density at radius 3 is 2.72 bits per heavy atom. The first kappa shape index (κ1) is 21.5. The summed E-state index contributed by atoms with van der Waals surface area (Å²) in [6.45, 7) is 1.48. The van der Waals surface area contributed by atoms with Gasteiger partial charge in [-0.15, -0.1) is 11.3 Å². The van der Waals surface area contributed by atoms with Gasteiger partial charge in [0.2, 0.25) is 0 Å². The number of hydrogen-bond acceptors (Lipinski definition) is 5. The van der Waals surface area contributed by atoms with E-state index in [1.807, 2.05) is 30.3 Å². The van der Waals surface area contributed by atoms with Gasteiger partial charge < -0.3 is 20.1 Å². The first-order valence-corrected chi connectivity index (χ1v) is 10.8. The molecule has 0 aliphatic heterocycles. The number of amides is 2. The molecule has 0 fully saturated rings. The van der Waals surface area contributed by atoms with Gasteiger partial charge in [-0.2, -0.15) is 0 Å². The molecule has 29 heavy (non-hydrogen) atoms. The van der Waals surface area contributed by atoms with Crippen molar-refractivity contribution in [3.63, 3.8) is 0 Å². The SMILES string of the molecule is COCCCNC(=O)c1c(NC(=O)COCc2ccccc2)sc2c1CCCC2. The zero-order chi connectivity index (χ0) is 20.5. The Kier molecular flexibility index (Phi) is 8.22. The topological polar surface area (TPSA) is 76.7 Å². The smallest absolute Gasteiger partial charge is 0.254 e. The zero-order valence-corrected chi connectivity index (χ0v) is 17.6. The molecule has 0 radical (unpaired) electrons. The molecule has 2 amide bonds. The number of hydrogen-bond donors (Lipinski definition) is 2. The molecule has 1 aliphatic rings. The van der Waals surface area contributed by atoms with E-state index in [-0.39, 0.29) is 18.4 Å². The fourth-order valence-corrected chi connectivity index (χ4v) is 4.70. The molecule has 6 nitrogen and oxygen atoms in total. The van der Waals surface area contributed by atoms with Crippen LogP contribution in [0.25, 0.3) is 0 Å². The summed E-state index contributed by atoms with van der Waals surface area (Å²) in [5.41, 5.74) is 2.73. The Morgan fingerprint density at radius 2 is 1.93 bits per heavy atom. The van der Waals surface area contributed by atoms with Crippen LogP contribution in [0.5, 0.6) is 0 Å². The number of methoxy groups -OCH3 is 1. The number of ether oxygens (including phenoxy) is 2. The lowest BCUT2D eigenvalue weighted by Gasteiger charge is -2.13. The maximum absolute atomic E-state index is 12.8. The van der Waals surface area contributed by atoms with Crippen molar-refractivity contribution in [1.29, 1.82) is 0 Å². The number of aryl methyl sites for hydroxylation is 1. The molecule has 0 atom stereocenters. The molecular formula is C22H28N2O4S. The van der Waals surface area contributed by atoms with Crippen molar-refractivity contribution in [2.45, 2.75) is 38.7 Å². The molecule has 7 heteroatoms. The number of fused-ring (bicyclic) bond motifs is 1. The van der Waals surface area contributed by atoms with E-state index in [0.717, 1.165) is 43.2 Å². The molecule has 0 saturated carbocycles. The average molecular weight is 417 g/mol. The second kappa shape index (κ2) is 11.1. The number of anilines is 1. The largest absolute Gasteiger partial charge is 0.385 e. The lowest BCUT2D eigenvalue weighted by molar-refractivity contribution is -0.120. The fourth-order valence-electron chi connectivity index (χ4n) is 3.40. The van der Waals surface area contributed by atoms with E-state index in [0.29, 0.717) is 30.3 Å². The summed E-state index contributed by atoms with van der Waals surface area (Å²) in [6, 6.07) is 9.73. The highest BCUT2D eigenvalue weighted by Crippen LogP contribution is 2.38. The summed E-state index contributed by atoms with van der Waals surface area (Å²) in [4.78, 5) is 26.4. The lowest BCUT2D eigenvalue weighted by atomic mass is 9.95. The van der Waals surface area contributed by atoms with E-state index in [9.17, 15) is 9.59 Å². The Morgan fingerprint density at radius 1 is 1.14 bits per heavy atom. The molecule has 2 aromatic rings. The van der Waals surface area contributed by atoms with E-state index in [1.165, 1.54) is 16.2 Å². The van der Waals surface area contributed by atoms with Gasteiger partial charge in [0.05, 0.1) is 12.2 Å². The minimum absolute atomic E-state index is 0.0492. The molecule has 2 N–H and O–H groups in total. The predicted molar refractivity (Wildman–Crippen MR) is 115 cm³/mol. The summed E-state index contributed by atoms with van der Waals surface area (Å²) in [5.74, 6) is -0.367. The summed E-state index contributed by atoms with van der Waals surface area (Å²) in [7, 11) is 1.64. The lowest BCUT2D eigenvalue weighted by Crippen LogP contribution is -2.27. The summed E-state index contributed by atoms with van der Waals surface area (Å²) >= 11 is 1.52. The molecule has 1 aliphatic carbocycles. The summed E-state index contributed by atoms with van der Waals surface area (Å²) in [6.07, 6.45) is 4.79. The van der Waals surface area contributed by atoms with Crippen LogP contribution in [-0.2, 0) is 33.7 Å². The van der Waals surface area contributed by atoms with Crippen molar-refractivity contribution in [3.8, 4) is 0 Å². The zero-order valence-electron chi connectivity index (χ0n) is 16.8. The Bertz CT molecular complexity index is 820. The number of carbonyl (C=O) groups excluding carboxylic acids is 2. The van der Waals surface area contributed by atoms with Crippen LogP contribution in [0, 0.1) is 0 Å². The molecule has 0 saturated heterocycles. The normalized spacial score (nSPS) is 13.0. The van der Waals surface area contributed by atoms with Crippen LogP contribution in [0.2, 0.25) is 0 Å². The standard InChI is InChI=1S/C22H28N2O4S/c1-27-13-7-12-23-21(26)20-17-10-5-6-11-18(17)29-22(20)24-19(25)15-28-14-16-8-3-2-4-9-16/h2-4,8-9H,5-7,10-15H2,1H3,(H,23,26)(H,24,25). The third-order valence-electron chi connectivity index (χ3n) is 4.81. The molecule has 0 unspecified atom stereocenters. The third-order valence-corrected chi connectivity index (χ3v) is 6.01. The predicted octanol–water partition coefficient (Wildman–Crippen LogP) is 3.55. The van der Waals surface area contributed by atoms with Crippen molar-refractivity contribution < 1.29 is 19.1 Å². The van der Waals surface area contributed by atoms with Gasteiger partial charge >= 0.3 is 0 Å². The highest BCUT2D eigenvalue weighted by Gasteiger charge is 2.26. The second-order valence-electron chi connectivity index (χ2n) is 7.04. The van der Waals surface area contributed by atoms with Crippen LogP contribution in [0.1, 0.15) is 45.6 Å². The van der Waals surface area contributed by atoms with Crippen LogP contribution in [0.4, 0.5) is 5.00 Å². The first-order valence-electron chi connectivity index (χ1n) is 10.0. The number of carbonyl (C=O) groups is 2. The van der Waals surface area contributed by atoms with Crippen LogP contribution in [0.3, 0.4) is 0 Å². The monoisotopic (exact) mass is 416 g/mol. The van der Waals surface area contributed by atoms with E-state index < -0.39 is 0 Å². The number of benzene rings is 1. The van der Waals surface area contributed by atoms with Gasteiger partial charge in [-0.1, -0.05) is 30.3 Å². The highest BCUT2D eigenvalue weighted by molar-refractivity contribution is 7.17.